The lowest BCUT2D eigenvalue weighted by molar-refractivity contribution is 0.131. The Morgan fingerprint density at radius 3 is 2.64 bits per heavy atom. The Balaban J connectivity index is 2.89. The van der Waals surface area contributed by atoms with Crippen LogP contribution < -0.4 is 4.74 Å². The summed E-state index contributed by atoms with van der Waals surface area (Å²) in [5.74, 6) is 0.711. The predicted octanol–water partition coefficient (Wildman–Crippen LogP) is 3.81. The van der Waals surface area contributed by atoms with Gasteiger partial charge in [-0.2, -0.15) is 0 Å². The molecule has 0 aliphatic rings. The van der Waals surface area contributed by atoms with Gasteiger partial charge in [-0.25, -0.2) is 0 Å². The molecule has 0 aliphatic heterocycles. The highest BCUT2D eigenvalue weighted by Gasteiger charge is 2.11. The number of ether oxygens (including phenoxy) is 1. The van der Waals surface area contributed by atoms with Crippen LogP contribution in [0.5, 0.6) is 5.75 Å². The minimum absolute atomic E-state index is 0.241. The van der Waals surface area contributed by atoms with Gasteiger partial charge in [-0.3, -0.25) is 0 Å². The molecule has 0 atom stereocenters. The molecule has 74 valence electrons. The quantitative estimate of drug-likeness (QED) is 0.398. The Hall–Kier alpha value is -1.67. The van der Waals surface area contributed by atoms with Crippen LogP contribution in [0.4, 0.5) is 5.69 Å². The van der Waals surface area contributed by atoms with E-state index in [-0.39, 0.29) is 5.60 Å². The molecule has 0 bridgehead atoms. The lowest BCUT2D eigenvalue weighted by atomic mass is 10.2. The maximum Gasteiger partial charge on any atom is 0.120 e. The summed E-state index contributed by atoms with van der Waals surface area (Å²) in [6, 6.07) is 7.08. The fourth-order valence-corrected chi connectivity index (χ4v) is 1.01. The smallest absolute Gasteiger partial charge is 0.120 e. The third-order valence-corrected chi connectivity index (χ3v) is 1.40. The van der Waals surface area contributed by atoms with E-state index in [0.29, 0.717) is 11.4 Å². The zero-order valence-corrected chi connectivity index (χ0v) is 8.56. The molecule has 1 rings (SSSR count). The zero-order valence-electron chi connectivity index (χ0n) is 8.56. The van der Waals surface area contributed by atoms with Crippen LogP contribution in [0, 0.1) is 0 Å². The molecule has 0 aliphatic carbocycles. The highest BCUT2D eigenvalue weighted by atomic mass is 16.5. The lowest BCUT2D eigenvalue weighted by Crippen LogP contribution is -2.22. The Morgan fingerprint density at radius 2 is 2.07 bits per heavy atom. The molecule has 0 aromatic heterocycles. The second kappa shape index (κ2) is 4.03. The molecule has 0 spiro atoms. The summed E-state index contributed by atoms with van der Waals surface area (Å²) in [6.45, 7) is 5.90. The van der Waals surface area contributed by atoms with Crippen molar-refractivity contribution in [1.82, 2.24) is 0 Å². The van der Waals surface area contributed by atoms with Crippen molar-refractivity contribution in [3.8, 4) is 5.75 Å². The molecule has 1 aromatic rings. The fourth-order valence-electron chi connectivity index (χ4n) is 1.01. The van der Waals surface area contributed by atoms with Crippen LogP contribution >= 0.6 is 0 Å². The van der Waals surface area contributed by atoms with Gasteiger partial charge in [0.25, 0.3) is 0 Å². The monoisotopic (exact) mass is 191 g/mol. The maximum absolute atomic E-state index is 8.26. The molecule has 4 heteroatoms. The van der Waals surface area contributed by atoms with E-state index in [9.17, 15) is 0 Å². The van der Waals surface area contributed by atoms with E-state index < -0.39 is 0 Å². The minimum Gasteiger partial charge on any atom is -0.488 e. The first-order chi connectivity index (χ1) is 6.51. The minimum atomic E-state index is -0.241. The fraction of sp³-hybridized carbons (Fsp3) is 0.400. The van der Waals surface area contributed by atoms with E-state index in [2.05, 4.69) is 10.0 Å². The standard InChI is InChI=1S/C10H13N3O/c1-10(2,3)14-9-6-4-5-8(7-9)12-13-11/h4-7H,1-3H3. The van der Waals surface area contributed by atoms with E-state index in [1.54, 1.807) is 18.2 Å². The molecular formula is C10H13N3O. The molecule has 4 nitrogen and oxygen atoms in total. The first-order valence-corrected chi connectivity index (χ1v) is 4.35. The Kier molecular flexibility index (Phi) is 2.99. The molecule has 0 unspecified atom stereocenters. The van der Waals surface area contributed by atoms with Crippen LogP contribution in [0.3, 0.4) is 0 Å². The van der Waals surface area contributed by atoms with Gasteiger partial charge in [0.05, 0.1) is 0 Å². The maximum atomic E-state index is 8.26. The van der Waals surface area contributed by atoms with Gasteiger partial charge in [0.1, 0.15) is 11.4 Å². The molecule has 0 saturated heterocycles. The summed E-state index contributed by atoms with van der Waals surface area (Å²) in [5, 5.41) is 3.50. The highest BCUT2D eigenvalue weighted by molar-refractivity contribution is 5.43. The van der Waals surface area contributed by atoms with Crippen molar-refractivity contribution in [2.24, 2.45) is 5.11 Å². The van der Waals surface area contributed by atoms with Gasteiger partial charge in [-0.15, -0.1) is 0 Å². The molecule has 0 saturated carbocycles. The summed E-state index contributed by atoms with van der Waals surface area (Å²) >= 11 is 0. The van der Waals surface area contributed by atoms with Crippen molar-refractivity contribution in [2.45, 2.75) is 26.4 Å². The normalized spacial score (nSPS) is 10.5. The van der Waals surface area contributed by atoms with Crippen LogP contribution in [0.1, 0.15) is 20.8 Å². The Bertz CT molecular complexity index is 362. The first kappa shape index (κ1) is 10.4. The van der Waals surface area contributed by atoms with Gasteiger partial charge in [-0.1, -0.05) is 17.2 Å². The SMILES string of the molecule is CC(C)(C)Oc1cccc(N=[N+]=[N-])c1. The third kappa shape index (κ3) is 3.37. The largest absolute Gasteiger partial charge is 0.488 e. The van der Waals surface area contributed by atoms with Crippen LogP contribution in [-0.2, 0) is 0 Å². The van der Waals surface area contributed by atoms with Crippen LogP contribution in [0.15, 0.2) is 29.4 Å². The van der Waals surface area contributed by atoms with Crippen molar-refractivity contribution in [3.63, 3.8) is 0 Å². The Labute approximate surface area is 83.1 Å². The summed E-state index contributed by atoms with van der Waals surface area (Å²) in [4.78, 5) is 2.71. The molecular weight excluding hydrogens is 178 g/mol. The molecule has 0 N–H and O–H groups in total. The average Bonchev–Trinajstić information content (AvgIpc) is 2.02. The van der Waals surface area contributed by atoms with E-state index in [1.165, 1.54) is 0 Å². The zero-order chi connectivity index (χ0) is 10.6. The van der Waals surface area contributed by atoms with Crippen molar-refractivity contribution < 1.29 is 4.74 Å². The molecule has 0 heterocycles. The van der Waals surface area contributed by atoms with Gasteiger partial charge < -0.3 is 4.74 Å². The van der Waals surface area contributed by atoms with Gasteiger partial charge in [-0.05, 0) is 38.4 Å². The number of hydrogen-bond acceptors (Lipinski definition) is 2. The van der Waals surface area contributed by atoms with Gasteiger partial charge in [0.2, 0.25) is 0 Å². The predicted molar refractivity (Wildman–Crippen MR) is 55.6 cm³/mol. The molecule has 0 radical (unpaired) electrons. The van der Waals surface area contributed by atoms with Crippen molar-refractivity contribution >= 4 is 5.69 Å². The summed E-state index contributed by atoms with van der Waals surface area (Å²) < 4.78 is 5.61. The third-order valence-electron chi connectivity index (χ3n) is 1.40. The first-order valence-electron chi connectivity index (χ1n) is 4.35. The topological polar surface area (TPSA) is 58.0 Å². The van der Waals surface area contributed by atoms with Gasteiger partial charge >= 0.3 is 0 Å². The molecule has 1 aromatic carbocycles. The van der Waals surface area contributed by atoms with Crippen molar-refractivity contribution in [2.75, 3.05) is 0 Å². The van der Waals surface area contributed by atoms with Crippen molar-refractivity contribution in [3.05, 3.63) is 34.7 Å². The summed E-state index contributed by atoms with van der Waals surface area (Å²) in [5.41, 5.74) is 8.58. The highest BCUT2D eigenvalue weighted by Crippen LogP contribution is 2.23. The van der Waals surface area contributed by atoms with Crippen LogP contribution in [0.25, 0.3) is 10.4 Å². The Morgan fingerprint density at radius 1 is 1.36 bits per heavy atom. The second-order valence-corrected chi connectivity index (χ2v) is 3.90. The summed E-state index contributed by atoms with van der Waals surface area (Å²) in [7, 11) is 0. The molecule has 0 fully saturated rings. The van der Waals surface area contributed by atoms with Crippen LogP contribution in [-0.4, -0.2) is 5.60 Å². The second-order valence-electron chi connectivity index (χ2n) is 3.90. The number of nitrogens with zero attached hydrogens (tertiary/aromatic N) is 3. The van der Waals surface area contributed by atoms with Crippen molar-refractivity contribution in [1.29, 1.82) is 0 Å². The van der Waals surface area contributed by atoms with Gasteiger partial charge in [0, 0.05) is 10.6 Å². The van der Waals surface area contributed by atoms with E-state index in [1.807, 2.05) is 26.8 Å². The van der Waals surface area contributed by atoms with Gasteiger partial charge in [0.15, 0.2) is 0 Å². The molecule has 0 amide bonds. The molecule has 14 heavy (non-hydrogen) atoms. The van der Waals surface area contributed by atoms with E-state index in [0.717, 1.165) is 0 Å². The van der Waals surface area contributed by atoms with E-state index in [4.69, 9.17) is 10.3 Å². The number of benzene rings is 1. The van der Waals surface area contributed by atoms with Crippen LogP contribution in [0.2, 0.25) is 0 Å². The average molecular weight is 191 g/mol. The van der Waals surface area contributed by atoms with E-state index >= 15 is 0 Å². The number of rotatable bonds is 2. The summed E-state index contributed by atoms with van der Waals surface area (Å²) in [6.07, 6.45) is 0. The number of azide groups is 1. The number of hydrogen-bond donors (Lipinski definition) is 0. The lowest BCUT2D eigenvalue weighted by Gasteiger charge is -2.21.